The molecular formula is C21H21N3O3. The topological polar surface area (TPSA) is 68.5 Å². The van der Waals surface area contributed by atoms with Crippen LogP contribution in [0.5, 0.6) is 0 Å². The number of rotatable bonds is 3. The third kappa shape index (κ3) is 3.61. The zero-order chi connectivity index (χ0) is 18.8. The van der Waals surface area contributed by atoms with Crippen LogP contribution < -0.4 is 0 Å². The standard InChI is InChI=1S/C21H21N3O3/c1-14-5-3-4-6-18(14)20-23-22-19(27-20)16-7-9-17(10-8-16)21(25)24-11-12-26-15(2)13-24/h3-10,15H,11-13H2,1-2H3/t15-/m0/s1. The van der Waals surface area contributed by atoms with Crippen molar-refractivity contribution in [3.63, 3.8) is 0 Å². The predicted octanol–water partition coefficient (Wildman–Crippen LogP) is 3.57. The van der Waals surface area contributed by atoms with E-state index in [1.807, 2.05) is 55.1 Å². The molecule has 1 fully saturated rings. The number of hydrogen-bond donors (Lipinski definition) is 0. The van der Waals surface area contributed by atoms with Crippen LogP contribution >= 0.6 is 0 Å². The number of nitrogens with zero attached hydrogens (tertiary/aromatic N) is 3. The Hall–Kier alpha value is -2.99. The minimum atomic E-state index is 0.0165. The number of morpholine rings is 1. The van der Waals surface area contributed by atoms with Crippen molar-refractivity contribution in [2.24, 2.45) is 0 Å². The molecule has 1 aliphatic rings. The minimum absolute atomic E-state index is 0.0165. The second kappa shape index (κ2) is 7.32. The van der Waals surface area contributed by atoms with Gasteiger partial charge in [0.05, 0.1) is 12.7 Å². The van der Waals surface area contributed by atoms with Gasteiger partial charge in [-0.1, -0.05) is 18.2 Å². The molecule has 0 spiro atoms. The number of carbonyl (C=O) groups is 1. The fourth-order valence-corrected chi connectivity index (χ4v) is 3.20. The van der Waals surface area contributed by atoms with Crippen LogP contribution in [0.15, 0.2) is 52.9 Å². The van der Waals surface area contributed by atoms with E-state index in [-0.39, 0.29) is 12.0 Å². The van der Waals surface area contributed by atoms with Gasteiger partial charge in [0, 0.05) is 29.8 Å². The Bertz CT molecular complexity index is 949. The average Bonchev–Trinajstić information content (AvgIpc) is 3.18. The molecule has 0 unspecified atom stereocenters. The molecule has 27 heavy (non-hydrogen) atoms. The highest BCUT2D eigenvalue weighted by molar-refractivity contribution is 5.94. The molecule has 1 amide bonds. The molecule has 1 aromatic heterocycles. The van der Waals surface area contributed by atoms with E-state index in [2.05, 4.69) is 10.2 Å². The molecule has 2 heterocycles. The minimum Gasteiger partial charge on any atom is -0.416 e. The van der Waals surface area contributed by atoms with Gasteiger partial charge in [0.2, 0.25) is 11.8 Å². The lowest BCUT2D eigenvalue weighted by molar-refractivity contribution is -0.0124. The Kier molecular flexibility index (Phi) is 4.73. The molecule has 0 N–H and O–H groups in total. The van der Waals surface area contributed by atoms with E-state index in [0.29, 0.717) is 37.0 Å². The van der Waals surface area contributed by atoms with Crippen molar-refractivity contribution in [2.75, 3.05) is 19.7 Å². The van der Waals surface area contributed by atoms with E-state index in [9.17, 15) is 4.79 Å². The number of amides is 1. The van der Waals surface area contributed by atoms with E-state index in [1.165, 1.54) is 0 Å². The van der Waals surface area contributed by atoms with Gasteiger partial charge in [-0.05, 0) is 49.7 Å². The molecule has 0 bridgehead atoms. The molecule has 138 valence electrons. The lowest BCUT2D eigenvalue weighted by atomic mass is 10.1. The first-order valence-corrected chi connectivity index (χ1v) is 9.02. The lowest BCUT2D eigenvalue weighted by Crippen LogP contribution is -2.44. The van der Waals surface area contributed by atoms with Gasteiger partial charge in [-0.15, -0.1) is 10.2 Å². The number of benzene rings is 2. The summed E-state index contributed by atoms with van der Waals surface area (Å²) < 4.78 is 11.3. The van der Waals surface area contributed by atoms with Crippen molar-refractivity contribution in [3.05, 3.63) is 59.7 Å². The Morgan fingerprint density at radius 1 is 1.07 bits per heavy atom. The quantitative estimate of drug-likeness (QED) is 0.711. The average molecular weight is 363 g/mol. The second-order valence-corrected chi connectivity index (χ2v) is 6.74. The lowest BCUT2D eigenvalue weighted by Gasteiger charge is -2.31. The number of carbonyl (C=O) groups excluding carboxylic acids is 1. The van der Waals surface area contributed by atoms with Crippen molar-refractivity contribution < 1.29 is 13.9 Å². The zero-order valence-electron chi connectivity index (χ0n) is 15.4. The summed E-state index contributed by atoms with van der Waals surface area (Å²) in [6.45, 7) is 5.79. The van der Waals surface area contributed by atoms with Crippen LogP contribution in [0.25, 0.3) is 22.9 Å². The summed E-state index contributed by atoms with van der Waals surface area (Å²) in [5.41, 5.74) is 3.43. The van der Waals surface area contributed by atoms with Gasteiger partial charge in [0.15, 0.2) is 0 Å². The molecular weight excluding hydrogens is 342 g/mol. The molecule has 1 aliphatic heterocycles. The maximum Gasteiger partial charge on any atom is 0.254 e. The van der Waals surface area contributed by atoms with Gasteiger partial charge in [0.25, 0.3) is 5.91 Å². The molecule has 2 aromatic carbocycles. The molecule has 0 radical (unpaired) electrons. The third-order valence-corrected chi connectivity index (χ3v) is 4.71. The van der Waals surface area contributed by atoms with E-state index in [1.54, 1.807) is 12.1 Å². The Morgan fingerprint density at radius 3 is 2.56 bits per heavy atom. The van der Waals surface area contributed by atoms with Gasteiger partial charge in [-0.3, -0.25) is 4.79 Å². The van der Waals surface area contributed by atoms with Crippen LogP contribution in [0.4, 0.5) is 0 Å². The van der Waals surface area contributed by atoms with Gasteiger partial charge in [-0.2, -0.15) is 0 Å². The first-order valence-electron chi connectivity index (χ1n) is 9.02. The highest BCUT2D eigenvalue weighted by Gasteiger charge is 2.22. The molecule has 1 saturated heterocycles. The van der Waals surface area contributed by atoms with Crippen molar-refractivity contribution in [3.8, 4) is 22.9 Å². The summed E-state index contributed by atoms with van der Waals surface area (Å²) in [6, 6.07) is 15.2. The number of ether oxygens (including phenoxy) is 1. The van der Waals surface area contributed by atoms with Crippen molar-refractivity contribution in [1.29, 1.82) is 0 Å². The predicted molar refractivity (Wildman–Crippen MR) is 101 cm³/mol. The Morgan fingerprint density at radius 2 is 1.81 bits per heavy atom. The summed E-state index contributed by atoms with van der Waals surface area (Å²) in [4.78, 5) is 14.5. The SMILES string of the molecule is Cc1ccccc1-c1nnc(-c2ccc(C(=O)N3CCO[C@@H](C)C3)cc2)o1. The Labute approximate surface area is 157 Å². The Balaban J connectivity index is 1.53. The van der Waals surface area contributed by atoms with Crippen molar-refractivity contribution in [2.45, 2.75) is 20.0 Å². The van der Waals surface area contributed by atoms with E-state index in [4.69, 9.17) is 9.15 Å². The molecule has 6 nitrogen and oxygen atoms in total. The highest BCUT2D eigenvalue weighted by Crippen LogP contribution is 2.26. The smallest absolute Gasteiger partial charge is 0.254 e. The van der Waals surface area contributed by atoms with Crippen molar-refractivity contribution >= 4 is 5.91 Å². The maximum absolute atomic E-state index is 12.6. The zero-order valence-corrected chi connectivity index (χ0v) is 15.4. The molecule has 6 heteroatoms. The molecule has 0 aliphatic carbocycles. The highest BCUT2D eigenvalue weighted by atomic mass is 16.5. The largest absolute Gasteiger partial charge is 0.416 e. The van der Waals surface area contributed by atoms with Crippen LogP contribution in [0.1, 0.15) is 22.8 Å². The van der Waals surface area contributed by atoms with Crippen LogP contribution in [0, 0.1) is 6.92 Å². The van der Waals surface area contributed by atoms with Crippen LogP contribution in [-0.4, -0.2) is 46.8 Å². The van der Waals surface area contributed by atoms with E-state index < -0.39 is 0 Å². The third-order valence-electron chi connectivity index (χ3n) is 4.71. The van der Waals surface area contributed by atoms with Gasteiger partial charge in [-0.25, -0.2) is 0 Å². The summed E-state index contributed by atoms with van der Waals surface area (Å²) in [7, 11) is 0. The molecule has 0 saturated carbocycles. The van der Waals surface area contributed by atoms with Crippen LogP contribution in [0.3, 0.4) is 0 Å². The van der Waals surface area contributed by atoms with Gasteiger partial charge >= 0.3 is 0 Å². The molecule has 3 aromatic rings. The molecule has 4 rings (SSSR count). The summed E-state index contributed by atoms with van der Waals surface area (Å²) >= 11 is 0. The number of aryl methyl sites for hydroxylation is 1. The normalized spacial score (nSPS) is 17.1. The fourth-order valence-electron chi connectivity index (χ4n) is 3.20. The summed E-state index contributed by atoms with van der Waals surface area (Å²) in [6.07, 6.45) is 0.0697. The second-order valence-electron chi connectivity index (χ2n) is 6.74. The first-order chi connectivity index (χ1) is 13.1. The van der Waals surface area contributed by atoms with Gasteiger partial charge < -0.3 is 14.1 Å². The summed E-state index contributed by atoms with van der Waals surface area (Å²) in [5, 5.41) is 8.31. The van der Waals surface area contributed by atoms with E-state index >= 15 is 0 Å². The van der Waals surface area contributed by atoms with Crippen LogP contribution in [0.2, 0.25) is 0 Å². The first kappa shape index (κ1) is 17.4. The fraction of sp³-hybridized carbons (Fsp3) is 0.286. The monoisotopic (exact) mass is 363 g/mol. The van der Waals surface area contributed by atoms with Gasteiger partial charge in [0.1, 0.15) is 0 Å². The number of hydrogen-bond acceptors (Lipinski definition) is 5. The molecule has 1 atom stereocenters. The van der Waals surface area contributed by atoms with E-state index in [0.717, 1.165) is 16.7 Å². The summed E-state index contributed by atoms with van der Waals surface area (Å²) in [5.74, 6) is 0.945. The number of aromatic nitrogens is 2. The van der Waals surface area contributed by atoms with Crippen molar-refractivity contribution in [1.82, 2.24) is 15.1 Å². The maximum atomic E-state index is 12.6. The van der Waals surface area contributed by atoms with Crippen LogP contribution in [-0.2, 0) is 4.74 Å².